The predicted octanol–water partition coefficient (Wildman–Crippen LogP) is 4.97. The van der Waals surface area contributed by atoms with Crippen molar-refractivity contribution in [3.63, 3.8) is 0 Å². The van der Waals surface area contributed by atoms with Crippen LogP contribution in [-0.4, -0.2) is 11.5 Å². The molecule has 1 fully saturated rings. The van der Waals surface area contributed by atoms with Gasteiger partial charge in [-0.2, -0.15) is 0 Å². The molecule has 0 aromatic heterocycles. The monoisotopic (exact) mass is 406 g/mol. The van der Waals surface area contributed by atoms with Crippen LogP contribution in [0.4, 0.5) is 15.8 Å². The molecule has 1 aliphatic carbocycles. The Labute approximate surface area is 137 Å². The largest absolute Gasteiger partial charge is 0.379 e. The van der Waals surface area contributed by atoms with Crippen LogP contribution in [0.25, 0.3) is 0 Å². The summed E-state index contributed by atoms with van der Waals surface area (Å²) in [6.07, 6.45) is 5.97. The number of nitro groups is 1. The van der Waals surface area contributed by atoms with E-state index in [1.807, 2.05) is 0 Å². The van der Waals surface area contributed by atoms with Gasteiger partial charge in [-0.05, 0) is 40.8 Å². The Kier molecular flexibility index (Phi) is 5.78. The summed E-state index contributed by atoms with van der Waals surface area (Å²) < 4.78 is 13.8. The van der Waals surface area contributed by atoms with Crippen LogP contribution < -0.4 is 5.32 Å². The quantitative estimate of drug-likeness (QED) is 0.427. The minimum atomic E-state index is -0.466. The molecule has 1 aromatic rings. The standard InChI is InChI=1S/C15H20FIN2O2/c1-10-2-4-11(5-3-10)6-7-18-14-8-12(16)13(17)9-15(14)19(20)21/h8-11,18H,2-7H2,1H3. The lowest BCUT2D eigenvalue weighted by molar-refractivity contribution is -0.384. The van der Waals surface area contributed by atoms with Gasteiger partial charge in [0, 0.05) is 18.7 Å². The predicted molar refractivity (Wildman–Crippen MR) is 90.0 cm³/mol. The van der Waals surface area contributed by atoms with E-state index in [2.05, 4.69) is 12.2 Å². The number of rotatable bonds is 5. The number of nitrogens with zero attached hydrogens (tertiary/aromatic N) is 1. The highest BCUT2D eigenvalue weighted by atomic mass is 127. The second kappa shape index (κ2) is 7.38. The number of nitrogens with one attached hydrogen (secondary N) is 1. The molecular formula is C15H20FIN2O2. The number of nitro benzene ring substituents is 1. The van der Waals surface area contributed by atoms with Crippen molar-refractivity contribution in [2.75, 3.05) is 11.9 Å². The van der Waals surface area contributed by atoms with E-state index in [1.165, 1.54) is 37.8 Å². The van der Waals surface area contributed by atoms with Gasteiger partial charge >= 0.3 is 0 Å². The van der Waals surface area contributed by atoms with Crippen molar-refractivity contribution >= 4 is 34.0 Å². The first-order valence-corrected chi connectivity index (χ1v) is 8.42. The summed E-state index contributed by atoms with van der Waals surface area (Å²) in [5, 5.41) is 14.1. The second-order valence-corrected chi connectivity index (χ2v) is 7.04. The van der Waals surface area contributed by atoms with E-state index in [9.17, 15) is 14.5 Å². The van der Waals surface area contributed by atoms with Gasteiger partial charge in [0.25, 0.3) is 5.69 Å². The third kappa shape index (κ3) is 4.52. The number of anilines is 1. The molecule has 0 aliphatic heterocycles. The molecule has 21 heavy (non-hydrogen) atoms. The average molecular weight is 406 g/mol. The van der Waals surface area contributed by atoms with Crippen molar-refractivity contribution in [3.05, 3.63) is 31.6 Å². The van der Waals surface area contributed by atoms with Crippen molar-refractivity contribution in [2.24, 2.45) is 11.8 Å². The Balaban J connectivity index is 1.93. The molecule has 2 rings (SSSR count). The third-order valence-corrected chi connectivity index (χ3v) is 5.07. The summed E-state index contributed by atoms with van der Waals surface area (Å²) in [7, 11) is 0. The van der Waals surface area contributed by atoms with Gasteiger partial charge in [-0.1, -0.05) is 32.6 Å². The fourth-order valence-corrected chi connectivity index (χ4v) is 3.31. The molecule has 6 heteroatoms. The minimum Gasteiger partial charge on any atom is -0.379 e. The van der Waals surface area contributed by atoms with Gasteiger partial charge < -0.3 is 5.32 Å². The molecule has 116 valence electrons. The molecule has 1 saturated carbocycles. The molecule has 4 nitrogen and oxygen atoms in total. The lowest BCUT2D eigenvalue weighted by Gasteiger charge is -2.26. The highest BCUT2D eigenvalue weighted by molar-refractivity contribution is 14.1. The fraction of sp³-hybridized carbons (Fsp3) is 0.600. The summed E-state index contributed by atoms with van der Waals surface area (Å²) >= 11 is 1.77. The van der Waals surface area contributed by atoms with Gasteiger partial charge in [0.05, 0.1) is 8.49 Å². The molecule has 0 bridgehead atoms. The van der Waals surface area contributed by atoms with E-state index < -0.39 is 10.7 Å². The van der Waals surface area contributed by atoms with Crippen LogP contribution in [0.15, 0.2) is 12.1 Å². The Morgan fingerprint density at radius 1 is 1.38 bits per heavy atom. The summed E-state index contributed by atoms with van der Waals surface area (Å²) in [4.78, 5) is 10.6. The highest BCUT2D eigenvalue weighted by Gasteiger charge is 2.20. The number of hydrogen-bond acceptors (Lipinski definition) is 3. The van der Waals surface area contributed by atoms with Crippen molar-refractivity contribution in [3.8, 4) is 0 Å². The van der Waals surface area contributed by atoms with Crippen molar-refractivity contribution in [1.29, 1.82) is 0 Å². The second-order valence-electron chi connectivity index (χ2n) is 5.88. The van der Waals surface area contributed by atoms with Gasteiger partial charge in [-0.3, -0.25) is 10.1 Å². The Bertz CT molecular complexity index is 517. The molecule has 0 unspecified atom stereocenters. The number of halogens is 2. The summed E-state index contributed by atoms with van der Waals surface area (Å²) in [6.45, 7) is 2.94. The maximum atomic E-state index is 13.6. The molecule has 0 radical (unpaired) electrons. The van der Waals surface area contributed by atoms with E-state index in [-0.39, 0.29) is 14.9 Å². The molecule has 1 N–H and O–H groups in total. The van der Waals surface area contributed by atoms with Crippen molar-refractivity contribution in [1.82, 2.24) is 0 Å². The maximum Gasteiger partial charge on any atom is 0.293 e. The van der Waals surface area contributed by atoms with Gasteiger partial charge in [0.15, 0.2) is 0 Å². The zero-order chi connectivity index (χ0) is 15.4. The first-order valence-electron chi connectivity index (χ1n) is 7.34. The maximum absolute atomic E-state index is 13.6. The number of benzene rings is 1. The van der Waals surface area contributed by atoms with Crippen LogP contribution in [-0.2, 0) is 0 Å². The van der Waals surface area contributed by atoms with Crippen molar-refractivity contribution in [2.45, 2.75) is 39.0 Å². The van der Waals surface area contributed by atoms with E-state index in [1.54, 1.807) is 22.6 Å². The SMILES string of the molecule is CC1CCC(CCNc2cc(F)c(I)cc2[N+](=O)[O-])CC1. The average Bonchev–Trinajstić information content (AvgIpc) is 2.44. The minimum absolute atomic E-state index is 0.0573. The fourth-order valence-electron chi connectivity index (χ4n) is 2.86. The first-order chi connectivity index (χ1) is 9.97. The summed E-state index contributed by atoms with van der Waals surface area (Å²) in [5.74, 6) is 1.08. The van der Waals surface area contributed by atoms with Crippen LogP contribution in [0.3, 0.4) is 0 Å². The first kappa shape index (κ1) is 16.5. The van der Waals surface area contributed by atoms with E-state index >= 15 is 0 Å². The molecule has 1 aromatic carbocycles. The molecule has 0 amide bonds. The Hall–Kier alpha value is -0.920. The van der Waals surface area contributed by atoms with Crippen LogP contribution in [0.2, 0.25) is 0 Å². The lowest BCUT2D eigenvalue weighted by Crippen LogP contribution is -2.16. The van der Waals surface area contributed by atoms with E-state index in [0.717, 1.165) is 12.3 Å². The molecule has 0 heterocycles. The van der Waals surface area contributed by atoms with E-state index in [4.69, 9.17) is 0 Å². The summed E-state index contributed by atoms with van der Waals surface area (Å²) in [5.41, 5.74) is 0.222. The van der Waals surface area contributed by atoms with Gasteiger partial charge in [0.1, 0.15) is 11.5 Å². The van der Waals surface area contributed by atoms with Crippen LogP contribution in [0.5, 0.6) is 0 Å². The van der Waals surface area contributed by atoms with Crippen molar-refractivity contribution < 1.29 is 9.31 Å². The van der Waals surface area contributed by atoms with Gasteiger partial charge in [-0.15, -0.1) is 0 Å². The number of hydrogen-bond donors (Lipinski definition) is 1. The van der Waals surface area contributed by atoms with Gasteiger partial charge in [-0.25, -0.2) is 4.39 Å². The molecule has 0 saturated heterocycles. The lowest BCUT2D eigenvalue weighted by atomic mass is 9.81. The van der Waals surface area contributed by atoms with Crippen LogP contribution in [0, 0.1) is 31.3 Å². The highest BCUT2D eigenvalue weighted by Crippen LogP contribution is 2.32. The smallest absolute Gasteiger partial charge is 0.293 e. The molecule has 0 spiro atoms. The van der Waals surface area contributed by atoms with E-state index in [0.29, 0.717) is 12.5 Å². The Morgan fingerprint density at radius 2 is 2.05 bits per heavy atom. The summed E-state index contributed by atoms with van der Waals surface area (Å²) in [6, 6.07) is 2.50. The zero-order valence-electron chi connectivity index (χ0n) is 12.1. The van der Waals surface area contributed by atoms with Crippen LogP contribution >= 0.6 is 22.6 Å². The van der Waals surface area contributed by atoms with Crippen LogP contribution in [0.1, 0.15) is 39.0 Å². The van der Waals surface area contributed by atoms with Gasteiger partial charge in [0.2, 0.25) is 0 Å². The molecule has 1 aliphatic rings. The molecule has 0 atom stereocenters. The Morgan fingerprint density at radius 3 is 2.67 bits per heavy atom. The molecular weight excluding hydrogens is 386 g/mol. The third-order valence-electron chi connectivity index (χ3n) is 4.24. The zero-order valence-corrected chi connectivity index (χ0v) is 14.2. The topological polar surface area (TPSA) is 55.2 Å². The normalized spacial score (nSPS) is 22.0.